The maximum atomic E-state index is 11.3. The second-order valence-corrected chi connectivity index (χ2v) is 5.66. The predicted molar refractivity (Wildman–Crippen MR) is 96.7 cm³/mol. The van der Waals surface area contributed by atoms with Crippen LogP contribution in [0.4, 0.5) is 5.69 Å². The Hall–Kier alpha value is -3.14. The highest BCUT2D eigenvalue weighted by Crippen LogP contribution is 2.20. The van der Waals surface area contributed by atoms with Crippen LogP contribution in [0, 0.1) is 6.92 Å². The average molecular weight is 317 g/mol. The molecule has 2 aromatic carbocycles. The Morgan fingerprint density at radius 3 is 2.71 bits per heavy atom. The maximum absolute atomic E-state index is 11.3. The smallest absolute Gasteiger partial charge is 0.248 e. The van der Waals surface area contributed by atoms with Gasteiger partial charge in [-0.1, -0.05) is 30.3 Å². The van der Waals surface area contributed by atoms with Gasteiger partial charge < -0.3 is 11.1 Å². The molecule has 0 aliphatic rings. The van der Waals surface area contributed by atoms with Crippen LogP contribution in [0.25, 0.3) is 11.3 Å². The van der Waals surface area contributed by atoms with Crippen LogP contribution >= 0.6 is 0 Å². The number of hydrogen-bond acceptors (Lipinski definition) is 3. The minimum atomic E-state index is -0.421. The fraction of sp³-hybridized carbons (Fsp3) is 0.100. The molecule has 0 fully saturated rings. The number of nitrogens with zero attached hydrogens (tertiary/aromatic N) is 1. The Morgan fingerprint density at radius 2 is 1.96 bits per heavy atom. The van der Waals surface area contributed by atoms with Crippen LogP contribution in [0.5, 0.6) is 0 Å². The largest absolute Gasteiger partial charge is 0.381 e. The third-order valence-electron chi connectivity index (χ3n) is 3.89. The highest BCUT2D eigenvalue weighted by Gasteiger charge is 2.05. The van der Waals surface area contributed by atoms with Gasteiger partial charge in [0.15, 0.2) is 0 Å². The number of benzene rings is 2. The first-order valence-corrected chi connectivity index (χ1v) is 7.78. The summed E-state index contributed by atoms with van der Waals surface area (Å²) in [5.74, 6) is -0.421. The molecule has 1 aromatic heterocycles. The van der Waals surface area contributed by atoms with Crippen LogP contribution in [0.2, 0.25) is 0 Å². The summed E-state index contributed by atoms with van der Waals surface area (Å²) in [4.78, 5) is 15.7. The summed E-state index contributed by atoms with van der Waals surface area (Å²) < 4.78 is 0. The van der Waals surface area contributed by atoms with Gasteiger partial charge in [0.2, 0.25) is 5.91 Å². The van der Waals surface area contributed by atoms with Crippen LogP contribution in [0.15, 0.2) is 66.9 Å². The molecule has 3 aromatic rings. The van der Waals surface area contributed by atoms with Gasteiger partial charge in [0, 0.05) is 29.6 Å². The molecule has 0 aliphatic carbocycles. The van der Waals surface area contributed by atoms with Gasteiger partial charge in [0.05, 0.1) is 5.69 Å². The Balaban J connectivity index is 1.78. The lowest BCUT2D eigenvalue weighted by Crippen LogP contribution is -2.11. The van der Waals surface area contributed by atoms with Crippen molar-refractivity contribution in [1.82, 2.24) is 4.98 Å². The molecule has 0 aliphatic heterocycles. The number of amides is 1. The van der Waals surface area contributed by atoms with Crippen molar-refractivity contribution in [3.8, 4) is 11.3 Å². The Labute approximate surface area is 141 Å². The van der Waals surface area contributed by atoms with Crippen molar-refractivity contribution in [2.45, 2.75) is 13.5 Å². The lowest BCUT2D eigenvalue weighted by atomic mass is 10.1. The van der Waals surface area contributed by atoms with Gasteiger partial charge in [-0.2, -0.15) is 0 Å². The lowest BCUT2D eigenvalue weighted by molar-refractivity contribution is 0.100. The highest BCUT2D eigenvalue weighted by atomic mass is 16.1. The van der Waals surface area contributed by atoms with Crippen LogP contribution in [0.3, 0.4) is 0 Å². The number of nitrogens with one attached hydrogen (secondary N) is 1. The van der Waals surface area contributed by atoms with E-state index in [1.54, 1.807) is 18.3 Å². The minimum absolute atomic E-state index is 0.421. The first-order valence-electron chi connectivity index (χ1n) is 7.78. The second-order valence-electron chi connectivity index (χ2n) is 5.66. The first-order chi connectivity index (χ1) is 11.6. The number of nitrogens with two attached hydrogens (primary N) is 1. The van der Waals surface area contributed by atoms with Crippen molar-refractivity contribution >= 4 is 11.6 Å². The number of anilines is 1. The van der Waals surface area contributed by atoms with Gasteiger partial charge >= 0.3 is 0 Å². The topological polar surface area (TPSA) is 68.0 Å². The second kappa shape index (κ2) is 6.96. The zero-order valence-electron chi connectivity index (χ0n) is 13.5. The fourth-order valence-corrected chi connectivity index (χ4v) is 2.54. The molecule has 0 saturated carbocycles. The quantitative estimate of drug-likeness (QED) is 0.752. The summed E-state index contributed by atoms with van der Waals surface area (Å²) >= 11 is 0. The van der Waals surface area contributed by atoms with Crippen LogP contribution in [-0.4, -0.2) is 10.9 Å². The van der Waals surface area contributed by atoms with Gasteiger partial charge in [-0.05, 0) is 48.4 Å². The number of aromatic nitrogens is 1. The minimum Gasteiger partial charge on any atom is -0.381 e. The van der Waals surface area contributed by atoms with Crippen molar-refractivity contribution in [2.75, 3.05) is 5.32 Å². The molecular formula is C20H19N3O. The molecule has 0 saturated heterocycles. The van der Waals surface area contributed by atoms with E-state index in [9.17, 15) is 4.79 Å². The normalized spacial score (nSPS) is 10.4. The van der Waals surface area contributed by atoms with E-state index in [-0.39, 0.29) is 0 Å². The molecule has 4 heteroatoms. The molecule has 1 heterocycles. The van der Waals surface area contributed by atoms with E-state index >= 15 is 0 Å². The van der Waals surface area contributed by atoms with E-state index in [2.05, 4.69) is 22.4 Å². The van der Waals surface area contributed by atoms with Gasteiger partial charge in [0.1, 0.15) is 0 Å². The number of pyridine rings is 1. The van der Waals surface area contributed by atoms with E-state index < -0.39 is 5.91 Å². The summed E-state index contributed by atoms with van der Waals surface area (Å²) in [6, 6.07) is 19.5. The van der Waals surface area contributed by atoms with Crippen molar-refractivity contribution in [3.63, 3.8) is 0 Å². The molecule has 3 rings (SSSR count). The van der Waals surface area contributed by atoms with E-state index in [4.69, 9.17) is 5.73 Å². The molecule has 3 N–H and O–H groups in total. The predicted octanol–water partition coefficient (Wildman–Crippen LogP) is 3.77. The van der Waals surface area contributed by atoms with E-state index in [1.807, 2.05) is 43.3 Å². The number of rotatable bonds is 5. The van der Waals surface area contributed by atoms with Crippen molar-refractivity contribution in [1.29, 1.82) is 0 Å². The SMILES string of the molecule is Cc1ccc(C(N)=O)cc1NCc1cccc(-c2ccccn2)c1. The lowest BCUT2D eigenvalue weighted by Gasteiger charge is -2.11. The van der Waals surface area contributed by atoms with E-state index in [0.717, 1.165) is 28.1 Å². The monoisotopic (exact) mass is 317 g/mol. The molecule has 4 nitrogen and oxygen atoms in total. The highest BCUT2D eigenvalue weighted by molar-refractivity contribution is 5.94. The fourth-order valence-electron chi connectivity index (χ4n) is 2.54. The number of carbonyl (C=O) groups is 1. The van der Waals surface area contributed by atoms with E-state index in [0.29, 0.717) is 12.1 Å². The summed E-state index contributed by atoms with van der Waals surface area (Å²) in [6.45, 7) is 2.65. The van der Waals surface area contributed by atoms with Gasteiger partial charge in [-0.15, -0.1) is 0 Å². The third-order valence-corrected chi connectivity index (χ3v) is 3.89. The van der Waals surface area contributed by atoms with E-state index in [1.165, 1.54) is 0 Å². The molecule has 0 radical (unpaired) electrons. The summed E-state index contributed by atoms with van der Waals surface area (Å²) in [6.07, 6.45) is 1.79. The van der Waals surface area contributed by atoms with Crippen LogP contribution in [0.1, 0.15) is 21.5 Å². The Morgan fingerprint density at radius 1 is 1.08 bits per heavy atom. The van der Waals surface area contributed by atoms with Gasteiger partial charge in [-0.3, -0.25) is 9.78 Å². The molecule has 0 bridgehead atoms. The summed E-state index contributed by atoms with van der Waals surface area (Å²) in [5.41, 5.74) is 11.0. The first kappa shape index (κ1) is 15.7. The number of carbonyl (C=O) groups excluding carboxylic acids is 1. The molecular weight excluding hydrogens is 298 g/mol. The molecule has 24 heavy (non-hydrogen) atoms. The van der Waals surface area contributed by atoms with Gasteiger partial charge in [0.25, 0.3) is 0 Å². The molecule has 120 valence electrons. The van der Waals surface area contributed by atoms with Crippen molar-refractivity contribution in [3.05, 3.63) is 83.6 Å². The van der Waals surface area contributed by atoms with Crippen LogP contribution in [-0.2, 0) is 6.54 Å². The standard InChI is InChI=1S/C20H19N3O/c1-14-8-9-17(20(21)24)12-19(14)23-13-15-5-4-6-16(11-15)18-7-2-3-10-22-18/h2-12,23H,13H2,1H3,(H2,21,24). The van der Waals surface area contributed by atoms with Crippen LogP contribution < -0.4 is 11.1 Å². The molecule has 1 amide bonds. The maximum Gasteiger partial charge on any atom is 0.248 e. The van der Waals surface area contributed by atoms with Gasteiger partial charge in [-0.25, -0.2) is 0 Å². The number of hydrogen-bond donors (Lipinski definition) is 2. The zero-order valence-corrected chi connectivity index (χ0v) is 13.5. The third kappa shape index (κ3) is 3.60. The Kier molecular flexibility index (Phi) is 4.57. The molecule has 0 unspecified atom stereocenters. The molecule has 0 atom stereocenters. The average Bonchev–Trinajstić information content (AvgIpc) is 2.62. The Bertz CT molecular complexity index is 860. The van der Waals surface area contributed by atoms with Crippen molar-refractivity contribution in [2.24, 2.45) is 5.73 Å². The zero-order chi connectivity index (χ0) is 16.9. The number of aryl methyl sites for hydroxylation is 1. The summed E-state index contributed by atoms with van der Waals surface area (Å²) in [7, 11) is 0. The van der Waals surface area contributed by atoms with Crippen molar-refractivity contribution < 1.29 is 4.79 Å². The molecule has 0 spiro atoms. The number of primary amides is 1. The summed E-state index contributed by atoms with van der Waals surface area (Å²) in [5, 5.41) is 3.37.